The maximum atomic E-state index is 3.99. The summed E-state index contributed by atoms with van der Waals surface area (Å²) in [6, 6.07) is 10.7. The number of hydrogen-bond acceptors (Lipinski definition) is 1. The van der Waals surface area contributed by atoms with Crippen molar-refractivity contribution < 1.29 is 0 Å². The molecule has 0 saturated carbocycles. The number of rotatable bonds is 3. The van der Waals surface area contributed by atoms with Gasteiger partial charge in [0.15, 0.2) is 0 Å². The van der Waals surface area contributed by atoms with Crippen LogP contribution in [0.3, 0.4) is 0 Å². The quantitative estimate of drug-likeness (QED) is 0.717. The van der Waals surface area contributed by atoms with Crippen LogP contribution >= 0.6 is 24.2 Å². The molecule has 1 aromatic carbocycles. The number of hydrogen-bond donors (Lipinski definition) is 0. The molecule has 1 aliphatic heterocycles. The SMILES string of the molecule is C=CC1(Cc2ccccc2)CCCS1.Cl. The van der Waals surface area contributed by atoms with Gasteiger partial charge in [-0.15, -0.1) is 19.0 Å². The Morgan fingerprint density at radius 2 is 2.07 bits per heavy atom. The third-order valence-electron chi connectivity index (χ3n) is 2.85. The van der Waals surface area contributed by atoms with Gasteiger partial charge in [-0.2, -0.15) is 11.8 Å². The van der Waals surface area contributed by atoms with Crippen LogP contribution in [0.1, 0.15) is 18.4 Å². The average molecular weight is 241 g/mol. The third-order valence-corrected chi connectivity index (χ3v) is 4.43. The molecule has 2 heteroatoms. The molecule has 0 bridgehead atoms. The molecule has 1 aromatic rings. The van der Waals surface area contributed by atoms with Gasteiger partial charge in [0.25, 0.3) is 0 Å². The maximum absolute atomic E-state index is 3.99. The Hall–Kier alpha value is -0.400. The molecule has 1 saturated heterocycles. The summed E-state index contributed by atoms with van der Waals surface area (Å²) in [4.78, 5) is 0. The first-order valence-electron chi connectivity index (χ1n) is 5.16. The smallest absolute Gasteiger partial charge is 0.0376 e. The lowest BCUT2D eigenvalue weighted by Crippen LogP contribution is -2.20. The van der Waals surface area contributed by atoms with Gasteiger partial charge in [0, 0.05) is 4.75 Å². The molecule has 15 heavy (non-hydrogen) atoms. The van der Waals surface area contributed by atoms with Crippen LogP contribution in [0.2, 0.25) is 0 Å². The van der Waals surface area contributed by atoms with E-state index >= 15 is 0 Å². The second-order valence-electron chi connectivity index (χ2n) is 3.88. The normalized spacial score (nSPS) is 24.5. The first-order chi connectivity index (χ1) is 6.85. The van der Waals surface area contributed by atoms with Crippen LogP contribution in [0.15, 0.2) is 43.0 Å². The fourth-order valence-corrected chi connectivity index (χ4v) is 3.40. The molecule has 1 unspecified atom stereocenters. The molecule has 0 aromatic heterocycles. The number of benzene rings is 1. The minimum absolute atomic E-state index is 0. The highest BCUT2D eigenvalue weighted by atomic mass is 35.5. The van der Waals surface area contributed by atoms with E-state index in [-0.39, 0.29) is 12.4 Å². The summed E-state index contributed by atoms with van der Waals surface area (Å²) < 4.78 is 0.321. The van der Waals surface area contributed by atoms with Crippen molar-refractivity contribution >= 4 is 24.2 Å². The minimum atomic E-state index is 0. The predicted octanol–water partition coefficient (Wildman–Crippen LogP) is 4.10. The molecule has 0 amide bonds. The largest absolute Gasteiger partial charge is 0.151 e. The highest BCUT2D eigenvalue weighted by Crippen LogP contribution is 2.41. The number of halogens is 1. The monoisotopic (exact) mass is 240 g/mol. The van der Waals surface area contributed by atoms with E-state index in [0.29, 0.717) is 4.75 Å². The lowest BCUT2D eigenvalue weighted by molar-refractivity contribution is 0.662. The fourth-order valence-electron chi connectivity index (χ4n) is 2.03. The molecule has 0 aliphatic carbocycles. The number of thioether (sulfide) groups is 1. The Bertz CT molecular complexity index is 302. The molecule has 1 aliphatic rings. The fraction of sp³-hybridized carbons (Fsp3) is 0.385. The van der Waals surface area contributed by atoms with Gasteiger partial charge < -0.3 is 0 Å². The summed E-state index contributed by atoms with van der Waals surface area (Å²) in [6.07, 6.45) is 5.92. The van der Waals surface area contributed by atoms with E-state index < -0.39 is 0 Å². The van der Waals surface area contributed by atoms with Gasteiger partial charge in [-0.1, -0.05) is 36.4 Å². The zero-order valence-corrected chi connectivity index (χ0v) is 10.4. The van der Waals surface area contributed by atoms with E-state index in [9.17, 15) is 0 Å². The van der Waals surface area contributed by atoms with E-state index in [1.165, 1.54) is 24.2 Å². The van der Waals surface area contributed by atoms with Gasteiger partial charge in [-0.3, -0.25) is 0 Å². The average Bonchev–Trinajstić information content (AvgIpc) is 2.69. The Morgan fingerprint density at radius 3 is 2.60 bits per heavy atom. The van der Waals surface area contributed by atoms with Gasteiger partial charge in [0.2, 0.25) is 0 Å². The van der Waals surface area contributed by atoms with Gasteiger partial charge in [0.05, 0.1) is 0 Å². The van der Waals surface area contributed by atoms with Crippen LogP contribution in [0.4, 0.5) is 0 Å². The minimum Gasteiger partial charge on any atom is -0.151 e. The van der Waals surface area contributed by atoms with Gasteiger partial charge in [0.1, 0.15) is 0 Å². The first kappa shape index (κ1) is 12.7. The molecule has 0 radical (unpaired) electrons. The highest BCUT2D eigenvalue weighted by molar-refractivity contribution is 8.01. The van der Waals surface area contributed by atoms with Crippen molar-refractivity contribution in [3.8, 4) is 0 Å². The van der Waals surface area contributed by atoms with Gasteiger partial charge in [-0.25, -0.2) is 0 Å². The second kappa shape index (κ2) is 5.62. The van der Waals surface area contributed by atoms with E-state index in [1.807, 2.05) is 0 Å². The molecular weight excluding hydrogens is 224 g/mol. The van der Waals surface area contributed by atoms with E-state index in [1.54, 1.807) is 0 Å². The van der Waals surface area contributed by atoms with Crippen molar-refractivity contribution in [2.75, 3.05) is 5.75 Å². The third kappa shape index (κ3) is 3.02. The zero-order chi connectivity index (χ0) is 9.86. The Labute approximate surface area is 103 Å². The summed E-state index contributed by atoms with van der Waals surface area (Å²) in [6.45, 7) is 3.99. The summed E-state index contributed by atoms with van der Waals surface area (Å²) >= 11 is 2.07. The summed E-state index contributed by atoms with van der Waals surface area (Å²) in [5, 5.41) is 0. The van der Waals surface area contributed by atoms with Crippen molar-refractivity contribution in [1.82, 2.24) is 0 Å². The lowest BCUT2D eigenvalue weighted by atomic mass is 9.94. The lowest BCUT2D eigenvalue weighted by Gasteiger charge is -2.23. The molecule has 1 fully saturated rings. The Morgan fingerprint density at radius 1 is 1.33 bits per heavy atom. The van der Waals surface area contributed by atoms with Crippen LogP contribution in [-0.4, -0.2) is 10.5 Å². The van der Waals surface area contributed by atoms with E-state index in [4.69, 9.17) is 0 Å². The van der Waals surface area contributed by atoms with Crippen LogP contribution in [0.25, 0.3) is 0 Å². The van der Waals surface area contributed by atoms with Crippen molar-refractivity contribution in [3.05, 3.63) is 48.6 Å². The topological polar surface area (TPSA) is 0 Å². The van der Waals surface area contributed by atoms with E-state index in [0.717, 1.165) is 6.42 Å². The predicted molar refractivity (Wildman–Crippen MR) is 72.0 cm³/mol. The summed E-state index contributed by atoms with van der Waals surface area (Å²) in [5.74, 6) is 1.29. The van der Waals surface area contributed by atoms with Crippen molar-refractivity contribution in [3.63, 3.8) is 0 Å². The molecule has 0 nitrogen and oxygen atoms in total. The van der Waals surface area contributed by atoms with Gasteiger partial charge in [-0.05, 0) is 30.6 Å². The molecule has 1 heterocycles. The molecule has 0 spiro atoms. The molecule has 0 N–H and O–H groups in total. The molecular formula is C13H17ClS. The molecule has 82 valence electrons. The van der Waals surface area contributed by atoms with Gasteiger partial charge >= 0.3 is 0 Å². The first-order valence-corrected chi connectivity index (χ1v) is 6.15. The van der Waals surface area contributed by atoms with Crippen molar-refractivity contribution in [2.45, 2.75) is 24.0 Å². The maximum Gasteiger partial charge on any atom is 0.0376 e. The van der Waals surface area contributed by atoms with Crippen LogP contribution in [0, 0.1) is 0 Å². The Kier molecular flexibility index (Phi) is 4.75. The van der Waals surface area contributed by atoms with Crippen LogP contribution < -0.4 is 0 Å². The van der Waals surface area contributed by atoms with E-state index in [2.05, 4.69) is 54.7 Å². The highest BCUT2D eigenvalue weighted by Gasteiger charge is 2.31. The summed E-state index contributed by atoms with van der Waals surface area (Å²) in [5.41, 5.74) is 1.43. The zero-order valence-electron chi connectivity index (χ0n) is 8.82. The van der Waals surface area contributed by atoms with Crippen LogP contribution in [0.5, 0.6) is 0 Å². The Balaban J connectivity index is 0.00000112. The summed E-state index contributed by atoms with van der Waals surface area (Å²) in [7, 11) is 0. The van der Waals surface area contributed by atoms with Crippen molar-refractivity contribution in [1.29, 1.82) is 0 Å². The second-order valence-corrected chi connectivity index (χ2v) is 5.39. The standard InChI is InChI=1S/C13H16S.ClH/c1-2-13(9-6-10-14-13)11-12-7-4-3-5-8-12;/h2-5,7-8H,1,6,9-11H2;1H. The molecule has 2 rings (SSSR count). The van der Waals surface area contributed by atoms with Crippen LogP contribution in [-0.2, 0) is 6.42 Å². The van der Waals surface area contributed by atoms with Crippen molar-refractivity contribution in [2.24, 2.45) is 0 Å². The molecule has 1 atom stereocenters.